The van der Waals surface area contributed by atoms with Crippen LogP contribution in [0.3, 0.4) is 0 Å². The molecule has 6 nitrogen and oxygen atoms in total. The highest BCUT2D eigenvalue weighted by Gasteiger charge is 2.37. The van der Waals surface area contributed by atoms with Crippen LogP contribution in [0, 0.1) is 0 Å². The van der Waals surface area contributed by atoms with Gasteiger partial charge in [-0.3, -0.25) is 4.79 Å². The lowest BCUT2D eigenvalue weighted by Gasteiger charge is -2.36. The third-order valence-electron chi connectivity index (χ3n) is 6.06. The van der Waals surface area contributed by atoms with Crippen molar-refractivity contribution in [2.24, 2.45) is 0 Å². The molecule has 1 fully saturated rings. The second-order valence-electron chi connectivity index (χ2n) is 8.92. The van der Waals surface area contributed by atoms with Crippen LogP contribution in [-0.2, 0) is 9.53 Å². The van der Waals surface area contributed by atoms with Crippen LogP contribution in [0.1, 0.15) is 116 Å². The molecule has 0 spiro atoms. The lowest BCUT2D eigenvalue weighted by molar-refractivity contribution is -0.189. The van der Waals surface area contributed by atoms with Crippen molar-refractivity contribution in [1.29, 1.82) is 0 Å². The average Bonchev–Trinajstić information content (AvgIpc) is 2.74. The minimum absolute atomic E-state index is 0.170. The molecule has 0 aromatic carbocycles. The molecule has 1 rings (SSSR count). The zero-order valence-corrected chi connectivity index (χ0v) is 19.2. The minimum atomic E-state index is -1.15. The number of aliphatic hydroxyl groups is 3. The number of hydrogen-bond acceptors (Lipinski definition) is 5. The predicted molar refractivity (Wildman–Crippen MR) is 120 cm³/mol. The number of carbonyl (C=O) groups excluding carboxylic acids is 1. The number of nitrogens with one attached hydrogen (secondary N) is 1. The smallest absolute Gasteiger partial charge is 0.222 e. The first-order chi connectivity index (χ1) is 14.6. The van der Waals surface area contributed by atoms with Crippen LogP contribution in [0.15, 0.2) is 0 Å². The van der Waals surface area contributed by atoms with Gasteiger partial charge in [-0.05, 0) is 6.42 Å². The van der Waals surface area contributed by atoms with E-state index in [1.807, 2.05) is 0 Å². The molecule has 1 unspecified atom stereocenters. The molecule has 1 saturated heterocycles. The molecule has 6 heteroatoms. The van der Waals surface area contributed by atoms with Crippen molar-refractivity contribution in [2.45, 2.75) is 141 Å². The molecule has 4 atom stereocenters. The SMILES string of the molecule is CCCCCCCCCCCCCCCCCC(=O)NC1O[C@H](CO)C[C@H](O)[C@H]1O. The fourth-order valence-corrected chi connectivity index (χ4v) is 4.08. The first kappa shape index (κ1) is 27.3. The number of carbonyl (C=O) groups is 1. The van der Waals surface area contributed by atoms with Gasteiger partial charge in [0.05, 0.1) is 18.8 Å². The summed E-state index contributed by atoms with van der Waals surface area (Å²) < 4.78 is 5.43. The molecular weight excluding hydrogens is 382 g/mol. The molecule has 0 radical (unpaired) electrons. The second kappa shape index (κ2) is 17.9. The standard InChI is InChI=1S/C24H47NO5/c1-2-3-4-5-6-7-8-9-10-11-12-13-14-15-16-17-22(28)25-24-23(29)21(27)18-20(19-26)30-24/h20-21,23-24,26-27,29H,2-19H2,1H3,(H,25,28)/t20-,21-,23+,24?/m0/s1. The molecule has 0 aromatic rings. The molecule has 0 aliphatic carbocycles. The second-order valence-corrected chi connectivity index (χ2v) is 8.92. The van der Waals surface area contributed by atoms with Crippen LogP contribution in [0.2, 0.25) is 0 Å². The van der Waals surface area contributed by atoms with E-state index in [2.05, 4.69) is 12.2 Å². The van der Waals surface area contributed by atoms with Crippen molar-refractivity contribution in [3.05, 3.63) is 0 Å². The van der Waals surface area contributed by atoms with E-state index in [1.54, 1.807) is 0 Å². The first-order valence-electron chi connectivity index (χ1n) is 12.5. The Hall–Kier alpha value is -0.690. The van der Waals surface area contributed by atoms with Crippen molar-refractivity contribution >= 4 is 5.91 Å². The highest BCUT2D eigenvalue weighted by atomic mass is 16.5. The first-order valence-corrected chi connectivity index (χ1v) is 12.5. The van der Waals surface area contributed by atoms with Gasteiger partial charge >= 0.3 is 0 Å². The Morgan fingerprint density at radius 2 is 1.30 bits per heavy atom. The zero-order chi connectivity index (χ0) is 22.0. The maximum Gasteiger partial charge on any atom is 0.222 e. The Labute approximate surface area is 183 Å². The van der Waals surface area contributed by atoms with Gasteiger partial charge in [-0.25, -0.2) is 0 Å². The number of amides is 1. The summed E-state index contributed by atoms with van der Waals surface area (Å²) in [6.07, 6.45) is 16.2. The summed E-state index contributed by atoms with van der Waals surface area (Å²) in [6.45, 7) is 2.02. The summed E-state index contributed by atoms with van der Waals surface area (Å²) in [5.74, 6) is -0.181. The van der Waals surface area contributed by atoms with E-state index >= 15 is 0 Å². The summed E-state index contributed by atoms with van der Waals surface area (Å²) in [7, 11) is 0. The van der Waals surface area contributed by atoms with Gasteiger partial charge in [-0.2, -0.15) is 0 Å². The summed E-state index contributed by atoms with van der Waals surface area (Å²) in [5, 5.41) is 31.5. The molecule has 1 aliphatic rings. The molecular formula is C24H47NO5. The molecule has 0 bridgehead atoms. The van der Waals surface area contributed by atoms with E-state index in [4.69, 9.17) is 9.84 Å². The highest BCUT2D eigenvalue weighted by molar-refractivity contribution is 5.76. The third-order valence-corrected chi connectivity index (χ3v) is 6.06. The number of rotatable bonds is 18. The molecule has 4 N–H and O–H groups in total. The summed E-state index contributed by atoms with van der Waals surface area (Å²) >= 11 is 0. The topological polar surface area (TPSA) is 99.0 Å². The summed E-state index contributed by atoms with van der Waals surface area (Å²) in [4.78, 5) is 12.0. The van der Waals surface area contributed by atoms with Gasteiger partial charge in [0.15, 0.2) is 6.23 Å². The van der Waals surface area contributed by atoms with Crippen molar-refractivity contribution in [1.82, 2.24) is 5.32 Å². The summed E-state index contributed by atoms with van der Waals surface area (Å²) in [6, 6.07) is 0. The van der Waals surface area contributed by atoms with E-state index in [0.29, 0.717) is 6.42 Å². The van der Waals surface area contributed by atoms with Gasteiger partial charge in [0, 0.05) is 12.8 Å². The van der Waals surface area contributed by atoms with E-state index < -0.39 is 24.5 Å². The monoisotopic (exact) mass is 429 g/mol. The average molecular weight is 430 g/mol. The molecule has 1 heterocycles. The number of ether oxygens (including phenoxy) is 1. The van der Waals surface area contributed by atoms with Crippen LogP contribution >= 0.6 is 0 Å². The van der Waals surface area contributed by atoms with Gasteiger partial charge in [0.2, 0.25) is 5.91 Å². The van der Waals surface area contributed by atoms with Crippen LogP contribution in [0.25, 0.3) is 0 Å². The lowest BCUT2D eigenvalue weighted by atomic mass is 10.0. The van der Waals surface area contributed by atoms with Crippen LogP contribution < -0.4 is 5.32 Å². The van der Waals surface area contributed by atoms with E-state index in [-0.39, 0.29) is 18.9 Å². The zero-order valence-electron chi connectivity index (χ0n) is 19.2. The van der Waals surface area contributed by atoms with Gasteiger partial charge < -0.3 is 25.4 Å². The Balaban J connectivity index is 1.90. The molecule has 178 valence electrons. The molecule has 30 heavy (non-hydrogen) atoms. The predicted octanol–water partition coefficient (Wildman–Crippen LogP) is 4.19. The minimum Gasteiger partial charge on any atom is -0.394 e. The van der Waals surface area contributed by atoms with Gasteiger partial charge in [-0.15, -0.1) is 0 Å². The number of unbranched alkanes of at least 4 members (excludes halogenated alkanes) is 14. The third kappa shape index (κ3) is 12.9. The lowest BCUT2D eigenvalue weighted by Crippen LogP contribution is -2.56. The Kier molecular flexibility index (Phi) is 16.3. The quantitative estimate of drug-likeness (QED) is 0.245. The van der Waals surface area contributed by atoms with Crippen molar-refractivity contribution in [3.63, 3.8) is 0 Å². The van der Waals surface area contributed by atoms with Crippen LogP contribution in [0.4, 0.5) is 0 Å². The highest BCUT2D eigenvalue weighted by Crippen LogP contribution is 2.19. The fraction of sp³-hybridized carbons (Fsp3) is 0.958. The Morgan fingerprint density at radius 1 is 0.833 bits per heavy atom. The van der Waals surface area contributed by atoms with Gasteiger partial charge in [0.25, 0.3) is 0 Å². The van der Waals surface area contributed by atoms with Gasteiger partial charge in [-0.1, -0.05) is 96.8 Å². The number of aliphatic hydroxyl groups excluding tert-OH is 3. The van der Waals surface area contributed by atoms with Gasteiger partial charge in [0.1, 0.15) is 6.10 Å². The largest absolute Gasteiger partial charge is 0.394 e. The molecule has 0 saturated carbocycles. The fourth-order valence-electron chi connectivity index (χ4n) is 4.08. The van der Waals surface area contributed by atoms with Crippen LogP contribution in [0.5, 0.6) is 0 Å². The summed E-state index contributed by atoms with van der Waals surface area (Å²) in [5.41, 5.74) is 0. The van der Waals surface area contributed by atoms with Crippen molar-refractivity contribution in [3.8, 4) is 0 Å². The van der Waals surface area contributed by atoms with E-state index in [9.17, 15) is 15.0 Å². The maximum absolute atomic E-state index is 12.0. The van der Waals surface area contributed by atoms with Crippen molar-refractivity contribution < 1.29 is 24.9 Å². The van der Waals surface area contributed by atoms with E-state index in [1.165, 1.54) is 77.0 Å². The maximum atomic E-state index is 12.0. The van der Waals surface area contributed by atoms with Crippen LogP contribution in [-0.4, -0.2) is 52.4 Å². The molecule has 1 amide bonds. The normalized spacial score (nSPS) is 24.1. The van der Waals surface area contributed by atoms with Crippen molar-refractivity contribution in [2.75, 3.05) is 6.61 Å². The Bertz CT molecular complexity index is 420. The van der Waals surface area contributed by atoms with E-state index in [0.717, 1.165) is 19.3 Å². The molecule has 1 aliphatic heterocycles. The molecule has 0 aromatic heterocycles. The number of hydrogen-bond donors (Lipinski definition) is 4. The Morgan fingerprint density at radius 3 is 1.77 bits per heavy atom.